The number of piperazine rings is 1. The first-order valence-electron chi connectivity index (χ1n) is 7.23. The summed E-state index contributed by atoms with van der Waals surface area (Å²) in [4.78, 5) is 20.8. The Labute approximate surface area is 152 Å². The molecule has 0 saturated carbocycles. The Morgan fingerprint density at radius 2 is 1.96 bits per heavy atom. The minimum atomic E-state index is 0.0542. The molecule has 0 aliphatic carbocycles. The van der Waals surface area contributed by atoms with Crippen LogP contribution in [0.4, 0.5) is 9.93 Å². The zero-order valence-electron chi connectivity index (χ0n) is 12.7. The Kier molecular flexibility index (Phi) is 5.58. The molecule has 0 radical (unpaired) electrons. The number of anilines is 1. The smallest absolute Gasteiger partial charge is 0.302 e. The minimum absolute atomic E-state index is 0.0542. The number of nitrogens with one attached hydrogen (secondary N) is 1. The summed E-state index contributed by atoms with van der Waals surface area (Å²) in [6, 6.07) is 8.03. The topological polar surface area (TPSA) is 48.5 Å². The molecule has 1 aromatic heterocycles. The van der Waals surface area contributed by atoms with Gasteiger partial charge in [-0.25, -0.2) is 4.98 Å². The average molecular weight is 413 g/mol. The van der Waals surface area contributed by atoms with Gasteiger partial charge >= 0.3 is 5.24 Å². The highest BCUT2D eigenvalue weighted by Gasteiger charge is 2.19. The van der Waals surface area contributed by atoms with Gasteiger partial charge in [0.1, 0.15) is 0 Å². The standard InChI is InChI=1S/C15H17BrN4OS2/c1-19-6-8-20(9-7-19)15(21)23-18-14-17-13(10-22-14)11-2-4-12(16)5-3-11/h2-5,10H,6-9H2,1H3,(H,17,18). The van der Waals surface area contributed by atoms with Crippen LogP contribution in [0.15, 0.2) is 34.1 Å². The number of rotatable bonds is 3. The summed E-state index contributed by atoms with van der Waals surface area (Å²) in [5.41, 5.74) is 1.98. The Bertz CT molecular complexity index is 668. The average Bonchev–Trinajstić information content (AvgIpc) is 3.03. The summed E-state index contributed by atoms with van der Waals surface area (Å²) in [7, 11) is 2.08. The number of aromatic nitrogens is 1. The predicted octanol–water partition coefficient (Wildman–Crippen LogP) is 4.00. The molecule has 0 spiro atoms. The van der Waals surface area contributed by atoms with Crippen LogP contribution in [0.1, 0.15) is 0 Å². The van der Waals surface area contributed by atoms with Gasteiger partial charge in [0.15, 0.2) is 5.13 Å². The van der Waals surface area contributed by atoms with E-state index in [9.17, 15) is 4.79 Å². The third-order valence-electron chi connectivity index (χ3n) is 3.63. The summed E-state index contributed by atoms with van der Waals surface area (Å²) in [5.74, 6) is 0. The Morgan fingerprint density at radius 3 is 2.65 bits per heavy atom. The summed E-state index contributed by atoms with van der Waals surface area (Å²) >= 11 is 6.04. The molecule has 1 saturated heterocycles. The number of nitrogens with zero attached hydrogens (tertiary/aromatic N) is 3. The van der Waals surface area contributed by atoms with Crippen molar-refractivity contribution >= 4 is 49.6 Å². The maximum Gasteiger partial charge on any atom is 0.302 e. The fourth-order valence-corrected chi connectivity index (χ4v) is 3.89. The zero-order valence-corrected chi connectivity index (χ0v) is 15.9. The molecule has 122 valence electrons. The summed E-state index contributed by atoms with van der Waals surface area (Å²) in [6.07, 6.45) is 0. The van der Waals surface area contributed by atoms with E-state index in [-0.39, 0.29) is 5.24 Å². The van der Waals surface area contributed by atoms with Crippen LogP contribution < -0.4 is 4.72 Å². The highest BCUT2D eigenvalue weighted by Crippen LogP contribution is 2.27. The number of carbonyl (C=O) groups excluding carboxylic acids is 1. The van der Waals surface area contributed by atoms with Gasteiger partial charge < -0.3 is 9.80 Å². The van der Waals surface area contributed by atoms with E-state index in [2.05, 4.69) is 37.6 Å². The van der Waals surface area contributed by atoms with E-state index in [0.717, 1.165) is 59.0 Å². The first-order chi connectivity index (χ1) is 11.1. The lowest BCUT2D eigenvalue weighted by Gasteiger charge is -2.31. The monoisotopic (exact) mass is 412 g/mol. The number of likely N-dealkylation sites (N-methyl/N-ethyl adjacent to an activating group) is 1. The number of halogens is 1. The van der Waals surface area contributed by atoms with Crippen LogP contribution >= 0.6 is 39.2 Å². The Hall–Kier alpha value is -1.09. The van der Waals surface area contributed by atoms with E-state index in [1.54, 1.807) is 0 Å². The predicted molar refractivity (Wildman–Crippen MR) is 101 cm³/mol. The minimum Gasteiger partial charge on any atom is -0.330 e. The number of hydrogen-bond donors (Lipinski definition) is 1. The van der Waals surface area contributed by atoms with Crippen molar-refractivity contribution in [2.45, 2.75) is 0 Å². The molecule has 2 aromatic rings. The molecule has 1 N–H and O–H groups in total. The maximum atomic E-state index is 12.2. The normalized spacial score (nSPS) is 15.7. The molecule has 8 heteroatoms. The quantitative estimate of drug-likeness (QED) is 0.771. The van der Waals surface area contributed by atoms with Gasteiger partial charge in [-0.15, -0.1) is 11.3 Å². The third kappa shape index (κ3) is 4.47. The second kappa shape index (κ2) is 7.65. The second-order valence-corrected chi connectivity index (χ2v) is 7.84. The van der Waals surface area contributed by atoms with Crippen LogP contribution in [0.25, 0.3) is 11.3 Å². The van der Waals surface area contributed by atoms with Crippen LogP contribution in [0.3, 0.4) is 0 Å². The van der Waals surface area contributed by atoms with Crippen LogP contribution in [-0.4, -0.2) is 53.2 Å². The lowest BCUT2D eigenvalue weighted by molar-refractivity contribution is 0.172. The van der Waals surface area contributed by atoms with Gasteiger partial charge in [-0.3, -0.25) is 9.52 Å². The molecule has 1 aliphatic heterocycles. The molecule has 23 heavy (non-hydrogen) atoms. The van der Waals surface area contributed by atoms with Crippen molar-refractivity contribution in [1.29, 1.82) is 0 Å². The van der Waals surface area contributed by atoms with Crippen molar-refractivity contribution in [2.75, 3.05) is 37.9 Å². The van der Waals surface area contributed by atoms with Crippen molar-refractivity contribution < 1.29 is 4.79 Å². The molecule has 1 fully saturated rings. The van der Waals surface area contributed by atoms with Crippen LogP contribution in [0.2, 0.25) is 0 Å². The van der Waals surface area contributed by atoms with Gasteiger partial charge in [-0.2, -0.15) is 0 Å². The highest BCUT2D eigenvalue weighted by molar-refractivity contribution is 9.10. The molecular weight excluding hydrogens is 396 g/mol. The van der Waals surface area contributed by atoms with Crippen LogP contribution in [-0.2, 0) is 0 Å². The SMILES string of the molecule is CN1CCN(C(=O)SNc2nc(-c3ccc(Br)cc3)cs2)CC1. The summed E-state index contributed by atoms with van der Waals surface area (Å²) < 4.78 is 4.11. The zero-order chi connectivity index (χ0) is 16.2. The third-order valence-corrected chi connectivity index (χ3v) is 5.78. The van der Waals surface area contributed by atoms with Crippen LogP contribution in [0, 0.1) is 0 Å². The number of hydrogen-bond acceptors (Lipinski definition) is 6. The van der Waals surface area contributed by atoms with E-state index in [1.807, 2.05) is 34.5 Å². The number of benzene rings is 1. The Morgan fingerprint density at radius 1 is 1.26 bits per heavy atom. The van der Waals surface area contributed by atoms with E-state index >= 15 is 0 Å². The lowest BCUT2D eigenvalue weighted by Crippen LogP contribution is -2.46. The van der Waals surface area contributed by atoms with Gasteiger partial charge in [0.25, 0.3) is 0 Å². The molecular formula is C15H17BrN4OS2. The number of thiazole rings is 1. The summed E-state index contributed by atoms with van der Waals surface area (Å²) in [5, 5.41) is 2.79. The summed E-state index contributed by atoms with van der Waals surface area (Å²) in [6.45, 7) is 3.42. The Balaban J connectivity index is 1.55. The van der Waals surface area contributed by atoms with E-state index in [1.165, 1.54) is 11.3 Å². The lowest BCUT2D eigenvalue weighted by atomic mass is 10.2. The molecule has 0 atom stereocenters. The van der Waals surface area contributed by atoms with E-state index < -0.39 is 0 Å². The van der Waals surface area contributed by atoms with Crippen molar-refractivity contribution in [2.24, 2.45) is 0 Å². The van der Waals surface area contributed by atoms with Gasteiger partial charge in [0.2, 0.25) is 0 Å². The fourth-order valence-electron chi connectivity index (χ4n) is 2.21. The van der Waals surface area contributed by atoms with E-state index in [4.69, 9.17) is 0 Å². The molecule has 0 bridgehead atoms. The second-order valence-electron chi connectivity index (χ2n) is 5.31. The number of carbonyl (C=O) groups is 1. The van der Waals surface area contributed by atoms with Gasteiger partial charge in [0.05, 0.1) is 5.69 Å². The van der Waals surface area contributed by atoms with Crippen molar-refractivity contribution in [3.05, 3.63) is 34.1 Å². The van der Waals surface area contributed by atoms with Gasteiger partial charge in [-0.05, 0) is 19.2 Å². The highest BCUT2D eigenvalue weighted by atomic mass is 79.9. The molecule has 1 aromatic carbocycles. The van der Waals surface area contributed by atoms with Crippen molar-refractivity contribution in [3.63, 3.8) is 0 Å². The maximum absolute atomic E-state index is 12.2. The first kappa shape index (κ1) is 16.8. The van der Waals surface area contributed by atoms with Crippen LogP contribution in [0.5, 0.6) is 0 Å². The van der Waals surface area contributed by atoms with Gasteiger partial charge in [-0.1, -0.05) is 28.1 Å². The fraction of sp³-hybridized carbons (Fsp3) is 0.333. The molecule has 5 nitrogen and oxygen atoms in total. The molecule has 0 unspecified atom stereocenters. The molecule has 3 rings (SSSR count). The van der Waals surface area contributed by atoms with E-state index in [0.29, 0.717) is 0 Å². The first-order valence-corrected chi connectivity index (χ1v) is 9.72. The largest absolute Gasteiger partial charge is 0.330 e. The molecule has 2 heterocycles. The molecule has 1 amide bonds. The number of amides is 1. The van der Waals surface area contributed by atoms with Crippen molar-refractivity contribution in [3.8, 4) is 11.3 Å². The van der Waals surface area contributed by atoms with Gasteiger partial charge in [0, 0.05) is 53.5 Å². The molecule has 1 aliphatic rings. The van der Waals surface area contributed by atoms with Crippen molar-refractivity contribution in [1.82, 2.24) is 14.8 Å².